The van der Waals surface area contributed by atoms with Crippen LogP contribution in [0.25, 0.3) is 21.5 Å². The summed E-state index contributed by atoms with van der Waals surface area (Å²) in [6.45, 7) is 17.2. The molecule has 0 saturated carbocycles. The molecule has 0 amide bonds. The first-order valence-corrected chi connectivity index (χ1v) is 20.1. The summed E-state index contributed by atoms with van der Waals surface area (Å²) in [5.41, 5.74) is 8.62. The Labute approximate surface area is 332 Å². The van der Waals surface area contributed by atoms with Gasteiger partial charge in [-0.25, -0.2) is 0 Å². The lowest BCUT2D eigenvalue weighted by molar-refractivity contribution is -0.0328. The van der Waals surface area contributed by atoms with Crippen molar-refractivity contribution in [1.29, 1.82) is 0 Å². The van der Waals surface area contributed by atoms with Gasteiger partial charge in [-0.15, -0.1) is 0 Å². The molecule has 7 aromatic carbocycles. The Kier molecular flexibility index (Phi) is 8.27. The summed E-state index contributed by atoms with van der Waals surface area (Å²) in [7, 11) is 0. The lowest BCUT2D eigenvalue weighted by atomic mass is 9.33. The maximum atomic E-state index is 14.5. The number of hydrogen-bond acceptors (Lipinski definition) is 3. The number of nitrogens with zero attached hydrogens (tertiary/aromatic N) is 2. The molecular formula is C49H44BF3N2S. The van der Waals surface area contributed by atoms with Crippen molar-refractivity contribution >= 4 is 90.5 Å². The van der Waals surface area contributed by atoms with E-state index in [0.717, 1.165) is 83.2 Å². The number of alkyl halides is 3. The number of anilines is 6. The summed E-state index contributed by atoms with van der Waals surface area (Å²) >= 11 is -0.0449. The minimum atomic E-state index is -4.48. The number of rotatable bonds is 3. The summed E-state index contributed by atoms with van der Waals surface area (Å²) < 4.78 is 43.6. The van der Waals surface area contributed by atoms with Crippen LogP contribution >= 0.6 is 11.8 Å². The largest absolute Gasteiger partial charge is 0.446 e. The number of benzene rings is 7. The van der Waals surface area contributed by atoms with Crippen molar-refractivity contribution in [3.05, 3.63) is 144 Å². The molecule has 0 spiro atoms. The molecule has 7 aromatic rings. The van der Waals surface area contributed by atoms with Crippen LogP contribution in [0.5, 0.6) is 0 Å². The van der Waals surface area contributed by atoms with Crippen LogP contribution in [0, 0.1) is 13.8 Å². The number of halogens is 3. The zero-order chi connectivity index (χ0) is 39.5. The van der Waals surface area contributed by atoms with Crippen LogP contribution < -0.4 is 26.2 Å². The van der Waals surface area contributed by atoms with Gasteiger partial charge in [0.25, 0.3) is 6.71 Å². The molecule has 56 heavy (non-hydrogen) atoms. The minimum absolute atomic E-state index is 0.0449. The van der Waals surface area contributed by atoms with Gasteiger partial charge in [-0.1, -0.05) is 126 Å². The van der Waals surface area contributed by atoms with Gasteiger partial charge in [-0.3, -0.25) is 0 Å². The quantitative estimate of drug-likeness (QED) is 0.131. The standard InChI is InChI=1S/C49H44BF3N2S/c1-29-11-9-13-35(23-29)54-42-27-37(56-49(51,52)53)28-43-44(42)50(40-21-15-31-25-33(47(3,4)5)17-19-38(31)45(40)54)41-22-16-32-26-34(48(6,7)8)18-20-39(32)46(41)55(43)36-14-10-12-30(2)24-36/h9-28H,1-8H3. The van der Waals surface area contributed by atoms with Gasteiger partial charge in [-0.05, 0) is 122 Å². The lowest BCUT2D eigenvalue weighted by Crippen LogP contribution is -2.61. The molecule has 2 heterocycles. The molecule has 0 fully saturated rings. The Morgan fingerprint density at radius 3 is 1.36 bits per heavy atom. The molecule has 2 aliphatic heterocycles. The van der Waals surface area contributed by atoms with Crippen LogP contribution in [0.4, 0.5) is 47.3 Å². The molecule has 0 N–H and O–H groups in total. The average molecular weight is 761 g/mol. The van der Waals surface area contributed by atoms with Crippen molar-refractivity contribution < 1.29 is 13.2 Å². The molecule has 0 aliphatic carbocycles. The first-order chi connectivity index (χ1) is 26.5. The smallest absolute Gasteiger partial charge is 0.311 e. The van der Waals surface area contributed by atoms with Crippen molar-refractivity contribution in [1.82, 2.24) is 0 Å². The summed E-state index contributed by atoms with van der Waals surface area (Å²) in [5.74, 6) is 0. The topological polar surface area (TPSA) is 6.48 Å². The molecule has 0 bridgehead atoms. The third kappa shape index (κ3) is 6.06. The number of hydrogen-bond donors (Lipinski definition) is 0. The second-order valence-electron chi connectivity index (χ2n) is 17.6. The summed E-state index contributed by atoms with van der Waals surface area (Å²) in [4.78, 5) is 4.61. The van der Waals surface area contributed by atoms with Gasteiger partial charge in [0.15, 0.2) is 0 Å². The molecule has 0 saturated heterocycles. The van der Waals surface area contributed by atoms with E-state index >= 15 is 0 Å². The summed E-state index contributed by atoms with van der Waals surface area (Å²) in [6.07, 6.45) is 0. The highest BCUT2D eigenvalue weighted by atomic mass is 32.2. The fraction of sp³-hybridized carbons (Fsp3) is 0.224. The predicted octanol–water partition coefficient (Wildman–Crippen LogP) is 12.9. The normalized spacial score (nSPS) is 13.9. The molecule has 9 rings (SSSR count). The van der Waals surface area contributed by atoms with Crippen molar-refractivity contribution in [3.8, 4) is 0 Å². The minimum Gasteiger partial charge on any atom is -0.311 e. The van der Waals surface area contributed by atoms with Gasteiger partial charge in [0.2, 0.25) is 0 Å². The van der Waals surface area contributed by atoms with Crippen LogP contribution in [0.2, 0.25) is 0 Å². The van der Waals surface area contributed by atoms with Gasteiger partial charge in [0.05, 0.1) is 0 Å². The van der Waals surface area contributed by atoms with E-state index in [0.29, 0.717) is 0 Å². The molecular weight excluding hydrogens is 716 g/mol. The molecule has 0 aromatic heterocycles. The van der Waals surface area contributed by atoms with Crippen molar-refractivity contribution in [2.45, 2.75) is 76.6 Å². The van der Waals surface area contributed by atoms with E-state index in [1.54, 1.807) is 12.1 Å². The van der Waals surface area contributed by atoms with Crippen molar-refractivity contribution in [2.75, 3.05) is 9.80 Å². The van der Waals surface area contributed by atoms with Gasteiger partial charge in [-0.2, -0.15) is 13.2 Å². The SMILES string of the molecule is Cc1cccc(N2c3cc(SC(F)(F)F)cc4c3B(c3ccc5cc(C(C)(C)C)ccc5c32)c2ccc3cc(C(C)(C)C)ccc3c2N4c2cccc(C)c2)c1. The second kappa shape index (κ2) is 12.7. The van der Waals surface area contributed by atoms with E-state index in [-0.39, 0.29) is 34.2 Å². The maximum absolute atomic E-state index is 14.5. The number of aryl methyl sites for hydroxylation is 2. The Morgan fingerprint density at radius 1 is 0.518 bits per heavy atom. The van der Waals surface area contributed by atoms with Crippen LogP contribution in [-0.4, -0.2) is 12.2 Å². The Morgan fingerprint density at radius 2 is 0.964 bits per heavy atom. The predicted molar refractivity (Wildman–Crippen MR) is 234 cm³/mol. The maximum Gasteiger partial charge on any atom is 0.446 e. The van der Waals surface area contributed by atoms with E-state index < -0.39 is 5.51 Å². The average Bonchev–Trinajstić information content (AvgIpc) is 3.12. The lowest BCUT2D eigenvalue weighted by Gasteiger charge is -2.45. The Bertz CT molecular complexity index is 2560. The molecule has 280 valence electrons. The van der Waals surface area contributed by atoms with Crippen LogP contribution in [0.3, 0.4) is 0 Å². The molecule has 0 radical (unpaired) electrons. The van der Waals surface area contributed by atoms with E-state index in [1.807, 2.05) is 12.1 Å². The van der Waals surface area contributed by atoms with Crippen LogP contribution in [0.15, 0.2) is 126 Å². The summed E-state index contributed by atoms with van der Waals surface area (Å²) in [6, 6.07) is 42.6. The first kappa shape index (κ1) is 36.5. The molecule has 7 heteroatoms. The van der Waals surface area contributed by atoms with Crippen LogP contribution in [-0.2, 0) is 10.8 Å². The van der Waals surface area contributed by atoms with E-state index in [1.165, 1.54) is 11.1 Å². The van der Waals surface area contributed by atoms with Crippen LogP contribution in [0.1, 0.15) is 63.8 Å². The monoisotopic (exact) mass is 760 g/mol. The molecule has 2 aliphatic rings. The van der Waals surface area contributed by atoms with Crippen molar-refractivity contribution in [2.24, 2.45) is 0 Å². The highest BCUT2D eigenvalue weighted by molar-refractivity contribution is 8.00. The Hall–Kier alpha value is -5.14. The Balaban J connectivity index is 1.45. The number of fused-ring (bicyclic) bond motifs is 8. The highest BCUT2D eigenvalue weighted by Gasteiger charge is 2.45. The molecule has 2 nitrogen and oxygen atoms in total. The van der Waals surface area contributed by atoms with Gasteiger partial charge in [0, 0.05) is 49.8 Å². The fourth-order valence-electron chi connectivity index (χ4n) is 8.80. The van der Waals surface area contributed by atoms with Gasteiger partial charge < -0.3 is 9.80 Å². The van der Waals surface area contributed by atoms with E-state index in [4.69, 9.17) is 0 Å². The number of thioether (sulfide) groups is 1. The van der Waals surface area contributed by atoms with Gasteiger partial charge >= 0.3 is 5.51 Å². The van der Waals surface area contributed by atoms with Gasteiger partial charge in [0.1, 0.15) is 0 Å². The zero-order valence-corrected chi connectivity index (χ0v) is 33.9. The van der Waals surface area contributed by atoms with Crippen molar-refractivity contribution in [3.63, 3.8) is 0 Å². The third-order valence-electron chi connectivity index (χ3n) is 11.5. The fourth-order valence-corrected chi connectivity index (χ4v) is 9.41. The summed E-state index contributed by atoms with van der Waals surface area (Å²) in [5, 5.41) is 4.33. The third-order valence-corrected chi connectivity index (χ3v) is 12.2. The second-order valence-corrected chi connectivity index (χ2v) is 18.7. The van der Waals surface area contributed by atoms with E-state index in [9.17, 15) is 13.2 Å². The molecule has 0 unspecified atom stereocenters. The first-order valence-electron chi connectivity index (χ1n) is 19.3. The zero-order valence-electron chi connectivity index (χ0n) is 33.1. The highest BCUT2D eigenvalue weighted by Crippen LogP contribution is 2.50. The van der Waals surface area contributed by atoms with E-state index in [2.05, 4.69) is 162 Å². The molecule has 0 atom stereocenters.